The summed E-state index contributed by atoms with van der Waals surface area (Å²) in [5.41, 5.74) is 0. The van der Waals surface area contributed by atoms with E-state index in [2.05, 4.69) is 30.3 Å². The van der Waals surface area contributed by atoms with Gasteiger partial charge in [0, 0.05) is 18.6 Å². The van der Waals surface area contributed by atoms with Gasteiger partial charge in [-0.05, 0) is 58.2 Å². The third-order valence-electron chi connectivity index (χ3n) is 3.41. The van der Waals surface area contributed by atoms with Crippen LogP contribution in [0, 0.1) is 0 Å². The molecule has 0 aromatic rings. The molecule has 1 fully saturated rings. The highest BCUT2D eigenvalue weighted by Crippen LogP contribution is 2.12. The van der Waals surface area contributed by atoms with Crippen LogP contribution in [0.15, 0.2) is 0 Å². The van der Waals surface area contributed by atoms with Crippen LogP contribution in [-0.4, -0.2) is 48.6 Å². The van der Waals surface area contributed by atoms with Crippen molar-refractivity contribution in [3.63, 3.8) is 0 Å². The quantitative estimate of drug-likeness (QED) is 0.661. The maximum absolute atomic E-state index is 3.69. The zero-order valence-electron chi connectivity index (χ0n) is 11.2. The minimum atomic E-state index is 0.716. The minimum absolute atomic E-state index is 0.716. The second-order valence-electron chi connectivity index (χ2n) is 5.08. The molecule has 0 radical (unpaired) electrons. The first-order valence-corrected chi connectivity index (χ1v) is 8.09. The van der Waals surface area contributed by atoms with Crippen LogP contribution >= 0.6 is 11.8 Å². The Labute approximate surface area is 106 Å². The van der Waals surface area contributed by atoms with Gasteiger partial charge in [-0.25, -0.2) is 0 Å². The number of rotatable bonds is 8. The highest BCUT2D eigenvalue weighted by molar-refractivity contribution is 7.98. The van der Waals surface area contributed by atoms with E-state index >= 15 is 0 Å². The minimum Gasteiger partial charge on any atom is -0.313 e. The van der Waals surface area contributed by atoms with Gasteiger partial charge < -0.3 is 5.32 Å². The molecule has 1 aliphatic heterocycles. The summed E-state index contributed by atoms with van der Waals surface area (Å²) in [5.74, 6) is 1.32. The van der Waals surface area contributed by atoms with Crippen molar-refractivity contribution in [1.82, 2.24) is 10.2 Å². The van der Waals surface area contributed by atoms with Crippen LogP contribution in [0.4, 0.5) is 0 Å². The van der Waals surface area contributed by atoms with E-state index in [4.69, 9.17) is 0 Å². The fraction of sp³-hybridized carbons (Fsp3) is 1.00. The molecule has 0 saturated carbocycles. The zero-order valence-corrected chi connectivity index (χ0v) is 12.0. The van der Waals surface area contributed by atoms with Crippen molar-refractivity contribution in [3.8, 4) is 0 Å². The first-order valence-electron chi connectivity index (χ1n) is 6.70. The summed E-state index contributed by atoms with van der Waals surface area (Å²) in [7, 11) is 0. The molecule has 1 atom stereocenters. The smallest absolute Gasteiger partial charge is 0.0207 e. The average molecular weight is 244 g/mol. The average Bonchev–Trinajstić information content (AvgIpc) is 2.72. The second kappa shape index (κ2) is 8.37. The van der Waals surface area contributed by atoms with Crippen molar-refractivity contribution in [2.24, 2.45) is 0 Å². The molecule has 0 aliphatic carbocycles. The van der Waals surface area contributed by atoms with Crippen LogP contribution < -0.4 is 5.32 Å². The maximum atomic E-state index is 3.69. The van der Waals surface area contributed by atoms with Crippen LogP contribution in [0.5, 0.6) is 0 Å². The van der Waals surface area contributed by atoms with Crippen molar-refractivity contribution >= 4 is 11.8 Å². The molecule has 0 amide bonds. The molecule has 16 heavy (non-hydrogen) atoms. The largest absolute Gasteiger partial charge is 0.313 e. The van der Waals surface area contributed by atoms with Crippen LogP contribution in [-0.2, 0) is 0 Å². The molecule has 1 aliphatic rings. The highest BCUT2D eigenvalue weighted by atomic mass is 32.2. The molecule has 1 rings (SSSR count). The Kier molecular flexibility index (Phi) is 7.50. The summed E-state index contributed by atoms with van der Waals surface area (Å²) < 4.78 is 0. The summed E-state index contributed by atoms with van der Waals surface area (Å²) in [6.07, 6.45) is 7.64. The third kappa shape index (κ3) is 5.55. The summed E-state index contributed by atoms with van der Waals surface area (Å²) in [5, 5.41) is 3.69. The Balaban J connectivity index is 1.94. The van der Waals surface area contributed by atoms with E-state index in [-0.39, 0.29) is 0 Å². The lowest BCUT2D eigenvalue weighted by Gasteiger charge is -2.20. The molecular formula is C13H28N2S. The first kappa shape index (κ1) is 14.3. The van der Waals surface area contributed by atoms with Gasteiger partial charge in [-0.1, -0.05) is 6.42 Å². The summed E-state index contributed by atoms with van der Waals surface area (Å²) >= 11 is 1.96. The standard InChI is InChI=1S/C13H28N2S/c1-12(2)15-9-7-13(11-15)14-8-5-4-6-10-16-3/h12-14H,4-11H2,1-3H3. The van der Waals surface area contributed by atoms with E-state index < -0.39 is 0 Å². The van der Waals surface area contributed by atoms with Gasteiger partial charge in [0.1, 0.15) is 0 Å². The van der Waals surface area contributed by atoms with Crippen molar-refractivity contribution in [2.45, 2.75) is 51.6 Å². The predicted molar refractivity (Wildman–Crippen MR) is 75.3 cm³/mol. The molecule has 2 nitrogen and oxygen atoms in total. The van der Waals surface area contributed by atoms with E-state index in [0.717, 1.165) is 6.04 Å². The molecule has 96 valence electrons. The molecule has 0 bridgehead atoms. The topological polar surface area (TPSA) is 15.3 Å². The first-order chi connectivity index (χ1) is 7.74. The lowest BCUT2D eigenvalue weighted by Crippen LogP contribution is -2.35. The Morgan fingerprint density at radius 1 is 1.31 bits per heavy atom. The van der Waals surface area contributed by atoms with Gasteiger partial charge in [0.05, 0.1) is 0 Å². The Hall–Kier alpha value is 0.270. The maximum Gasteiger partial charge on any atom is 0.0207 e. The van der Waals surface area contributed by atoms with Crippen LogP contribution in [0.25, 0.3) is 0 Å². The lowest BCUT2D eigenvalue weighted by atomic mass is 10.2. The van der Waals surface area contributed by atoms with E-state index in [0.29, 0.717) is 6.04 Å². The number of unbranched alkanes of at least 4 members (excludes halogenated alkanes) is 2. The fourth-order valence-corrected chi connectivity index (χ4v) is 2.77. The SMILES string of the molecule is CSCCCCCNC1CCN(C(C)C)C1. The molecule has 0 spiro atoms. The van der Waals surface area contributed by atoms with Gasteiger partial charge in [-0.15, -0.1) is 0 Å². The molecule has 0 aromatic heterocycles. The molecule has 0 aromatic carbocycles. The van der Waals surface area contributed by atoms with Gasteiger partial charge >= 0.3 is 0 Å². The zero-order chi connectivity index (χ0) is 11.8. The number of nitrogens with zero attached hydrogens (tertiary/aromatic N) is 1. The van der Waals surface area contributed by atoms with Crippen LogP contribution in [0.1, 0.15) is 39.5 Å². The number of hydrogen-bond acceptors (Lipinski definition) is 3. The van der Waals surface area contributed by atoms with Crippen molar-refractivity contribution in [2.75, 3.05) is 31.6 Å². The monoisotopic (exact) mass is 244 g/mol. The molecular weight excluding hydrogens is 216 g/mol. The van der Waals surface area contributed by atoms with Crippen LogP contribution in [0.3, 0.4) is 0 Å². The van der Waals surface area contributed by atoms with E-state index in [1.807, 2.05) is 11.8 Å². The Morgan fingerprint density at radius 2 is 2.12 bits per heavy atom. The van der Waals surface area contributed by atoms with Crippen molar-refractivity contribution in [1.29, 1.82) is 0 Å². The Morgan fingerprint density at radius 3 is 2.75 bits per heavy atom. The summed E-state index contributed by atoms with van der Waals surface area (Å²) in [6, 6.07) is 1.47. The summed E-state index contributed by atoms with van der Waals surface area (Å²) in [4.78, 5) is 2.57. The second-order valence-corrected chi connectivity index (χ2v) is 6.07. The highest BCUT2D eigenvalue weighted by Gasteiger charge is 2.23. The number of nitrogens with one attached hydrogen (secondary N) is 1. The molecule has 1 N–H and O–H groups in total. The lowest BCUT2D eigenvalue weighted by molar-refractivity contribution is 0.268. The Bertz CT molecular complexity index is 173. The fourth-order valence-electron chi connectivity index (χ4n) is 2.28. The molecule has 3 heteroatoms. The third-order valence-corrected chi connectivity index (χ3v) is 4.11. The van der Waals surface area contributed by atoms with Crippen molar-refractivity contribution < 1.29 is 0 Å². The normalized spacial score (nSPS) is 22.1. The van der Waals surface area contributed by atoms with E-state index in [1.54, 1.807) is 0 Å². The van der Waals surface area contributed by atoms with Gasteiger partial charge in [-0.3, -0.25) is 4.90 Å². The van der Waals surface area contributed by atoms with Crippen LogP contribution in [0.2, 0.25) is 0 Å². The molecule has 1 saturated heterocycles. The van der Waals surface area contributed by atoms with Gasteiger partial charge in [0.2, 0.25) is 0 Å². The summed E-state index contributed by atoms with van der Waals surface area (Å²) in [6.45, 7) is 8.34. The molecule has 1 heterocycles. The van der Waals surface area contributed by atoms with Gasteiger partial charge in [0.25, 0.3) is 0 Å². The van der Waals surface area contributed by atoms with Crippen molar-refractivity contribution in [3.05, 3.63) is 0 Å². The van der Waals surface area contributed by atoms with E-state index in [1.165, 1.54) is 51.1 Å². The van der Waals surface area contributed by atoms with Gasteiger partial charge in [0.15, 0.2) is 0 Å². The predicted octanol–water partition coefficient (Wildman–Crippen LogP) is 2.59. The number of likely N-dealkylation sites (tertiary alicyclic amines) is 1. The van der Waals surface area contributed by atoms with Gasteiger partial charge in [-0.2, -0.15) is 11.8 Å². The molecule has 1 unspecified atom stereocenters. The van der Waals surface area contributed by atoms with E-state index in [9.17, 15) is 0 Å². The number of thioether (sulfide) groups is 1. The number of hydrogen-bond donors (Lipinski definition) is 1.